The van der Waals surface area contributed by atoms with Gasteiger partial charge in [0.25, 0.3) is 5.91 Å². The molecular formula is C16H30N2O3. The largest absolute Gasteiger partial charge is 0.380 e. The van der Waals surface area contributed by atoms with Crippen LogP contribution in [0.25, 0.3) is 0 Å². The number of nitrogens with one attached hydrogen (secondary N) is 1. The minimum Gasteiger partial charge on any atom is -0.380 e. The van der Waals surface area contributed by atoms with Gasteiger partial charge in [0, 0.05) is 25.2 Å². The van der Waals surface area contributed by atoms with Gasteiger partial charge in [-0.2, -0.15) is 0 Å². The highest BCUT2D eigenvalue weighted by Gasteiger charge is 2.40. The number of carbonyl (C=O) groups excluding carboxylic acids is 1. The van der Waals surface area contributed by atoms with Crippen molar-refractivity contribution in [3.8, 4) is 0 Å². The lowest BCUT2D eigenvalue weighted by molar-refractivity contribution is -0.140. The van der Waals surface area contributed by atoms with Crippen LogP contribution in [0.4, 0.5) is 0 Å². The number of rotatable bonds is 4. The molecule has 0 bridgehead atoms. The number of morpholine rings is 1. The Morgan fingerprint density at radius 3 is 2.33 bits per heavy atom. The lowest BCUT2D eigenvalue weighted by atomic mass is 9.97. The summed E-state index contributed by atoms with van der Waals surface area (Å²) in [5.74, 6) is -0.206. The Morgan fingerprint density at radius 1 is 1.29 bits per heavy atom. The molecule has 5 nitrogen and oxygen atoms in total. The Kier molecular flexibility index (Phi) is 4.96. The molecule has 1 amide bonds. The Hall–Kier alpha value is -0.650. The molecule has 1 aliphatic carbocycles. The molecule has 122 valence electrons. The maximum atomic E-state index is 12.2. The van der Waals surface area contributed by atoms with Crippen molar-refractivity contribution in [2.75, 3.05) is 19.6 Å². The predicted octanol–water partition coefficient (Wildman–Crippen LogP) is 1.30. The molecule has 5 heteroatoms. The molecule has 2 aliphatic rings. The van der Waals surface area contributed by atoms with Crippen LogP contribution in [0.3, 0.4) is 0 Å². The van der Waals surface area contributed by atoms with Gasteiger partial charge in [0.1, 0.15) is 5.60 Å². The van der Waals surface area contributed by atoms with E-state index >= 15 is 0 Å². The zero-order valence-corrected chi connectivity index (χ0v) is 13.8. The Balaban J connectivity index is 1.90. The van der Waals surface area contributed by atoms with Crippen LogP contribution in [0, 0.1) is 0 Å². The van der Waals surface area contributed by atoms with Crippen LogP contribution in [0.15, 0.2) is 0 Å². The number of nitrogens with zero attached hydrogens (tertiary/aromatic N) is 1. The predicted molar refractivity (Wildman–Crippen MR) is 82.1 cm³/mol. The molecule has 21 heavy (non-hydrogen) atoms. The number of ether oxygens (including phenoxy) is 1. The van der Waals surface area contributed by atoms with Gasteiger partial charge in [-0.05, 0) is 53.4 Å². The van der Waals surface area contributed by atoms with E-state index in [4.69, 9.17) is 4.74 Å². The third kappa shape index (κ3) is 3.96. The summed E-state index contributed by atoms with van der Waals surface area (Å²) in [7, 11) is 0. The first-order valence-corrected chi connectivity index (χ1v) is 8.14. The van der Waals surface area contributed by atoms with Gasteiger partial charge in [-0.25, -0.2) is 0 Å². The molecule has 2 rings (SSSR count). The van der Waals surface area contributed by atoms with Crippen molar-refractivity contribution in [3.05, 3.63) is 0 Å². The number of hydrogen-bond donors (Lipinski definition) is 2. The van der Waals surface area contributed by atoms with Crippen molar-refractivity contribution in [2.24, 2.45) is 0 Å². The Labute approximate surface area is 128 Å². The second-order valence-corrected chi connectivity index (χ2v) is 7.40. The fourth-order valence-electron chi connectivity index (χ4n) is 3.43. The van der Waals surface area contributed by atoms with Gasteiger partial charge in [-0.15, -0.1) is 0 Å². The summed E-state index contributed by atoms with van der Waals surface area (Å²) >= 11 is 0. The fraction of sp³-hybridized carbons (Fsp3) is 0.938. The van der Waals surface area contributed by atoms with Crippen molar-refractivity contribution in [2.45, 2.75) is 76.7 Å². The fourth-order valence-corrected chi connectivity index (χ4v) is 3.43. The first kappa shape index (κ1) is 16.7. The van der Waals surface area contributed by atoms with E-state index < -0.39 is 5.60 Å². The maximum Gasteiger partial charge on any atom is 0.252 e. The summed E-state index contributed by atoms with van der Waals surface area (Å²) in [5, 5.41) is 13.3. The molecule has 0 aromatic heterocycles. The van der Waals surface area contributed by atoms with Crippen LogP contribution >= 0.6 is 0 Å². The average Bonchev–Trinajstić information content (AvgIpc) is 2.83. The Morgan fingerprint density at radius 2 is 1.81 bits per heavy atom. The number of carbonyl (C=O) groups is 1. The molecule has 1 aliphatic heterocycles. The van der Waals surface area contributed by atoms with Gasteiger partial charge >= 0.3 is 0 Å². The molecule has 2 N–H and O–H groups in total. The minimum absolute atomic E-state index is 0.142. The highest BCUT2D eigenvalue weighted by molar-refractivity contribution is 5.85. The summed E-state index contributed by atoms with van der Waals surface area (Å²) in [6.07, 6.45) is 3.47. The van der Waals surface area contributed by atoms with Crippen LogP contribution in [0.2, 0.25) is 0 Å². The minimum atomic E-state index is -1.14. The second kappa shape index (κ2) is 6.23. The van der Waals surface area contributed by atoms with E-state index in [1.54, 1.807) is 0 Å². The Bertz CT molecular complexity index is 368. The van der Waals surface area contributed by atoms with E-state index in [1.165, 1.54) is 0 Å². The zero-order chi connectivity index (χ0) is 15.7. The molecular weight excluding hydrogens is 268 g/mol. The second-order valence-electron chi connectivity index (χ2n) is 7.40. The molecule has 0 aromatic carbocycles. The van der Waals surface area contributed by atoms with Gasteiger partial charge in [-0.1, -0.05) is 0 Å². The van der Waals surface area contributed by atoms with Crippen LogP contribution in [-0.4, -0.2) is 58.9 Å². The summed E-state index contributed by atoms with van der Waals surface area (Å²) in [6, 6.07) is 0. The molecule has 2 atom stereocenters. The monoisotopic (exact) mass is 298 g/mol. The van der Waals surface area contributed by atoms with E-state index in [9.17, 15) is 9.90 Å². The smallest absolute Gasteiger partial charge is 0.252 e. The number of aliphatic hydroxyl groups is 1. The van der Waals surface area contributed by atoms with Crippen LogP contribution in [0.5, 0.6) is 0 Å². The quantitative estimate of drug-likeness (QED) is 0.821. The summed E-state index contributed by atoms with van der Waals surface area (Å²) in [6.45, 7) is 10.7. The van der Waals surface area contributed by atoms with Crippen LogP contribution in [0.1, 0.15) is 53.4 Å². The van der Waals surface area contributed by atoms with Crippen molar-refractivity contribution < 1.29 is 14.6 Å². The first-order chi connectivity index (χ1) is 9.73. The van der Waals surface area contributed by atoms with Crippen molar-refractivity contribution in [1.29, 1.82) is 0 Å². The summed E-state index contributed by atoms with van der Waals surface area (Å²) in [5.41, 5.74) is -1.28. The topological polar surface area (TPSA) is 61.8 Å². The maximum absolute atomic E-state index is 12.2. The van der Waals surface area contributed by atoms with Gasteiger partial charge < -0.3 is 15.2 Å². The summed E-state index contributed by atoms with van der Waals surface area (Å²) in [4.78, 5) is 14.6. The lowest BCUT2D eigenvalue weighted by Crippen LogP contribution is -2.60. The summed E-state index contributed by atoms with van der Waals surface area (Å²) < 4.78 is 5.77. The van der Waals surface area contributed by atoms with E-state index in [0.29, 0.717) is 19.4 Å². The molecule has 1 saturated heterocycles. The molecule has 0 radical (unpaired) electrons. The SMILES string of the molecule is CC1CN(C(C)(C)CNC(=O)C2(O)CCCC2)CC(C)O1. The molecule has 1 saturated carbocycles. The highest BCUT2D eigenvalue weighted by atomic mass is 16.5. The van der Waals surface area contributed by atoms with Crippen LogP contribution < -0.4 is 5.32 Å². The highest BCUT2D eigenvalue weighted by Crippen LogP contribution is 2.29. The average molecular weight is 298 g/mol. The molecule has 2 unspecified atom stereocenters. The standard InChI is InChI=1S/C16H30N2O3/c1-12-9-18(10-13(2)21-12)15(3,4)11-17-14(19)16(20)7-5-6-8-16/h12-13,20H,5-11H2,1-4H3,(H,17,19). The lowest BCUT2D eigenvalue weighted by Gasteiger charge is -2.45. The van der Waals surface area contributed by atoms with E-state index in [-0.39, 0.29) is 23.7 Å². The van der Waals surface area contributed by atoms with E-state index in [1.807, 2.05) is 0 Å². The van der Waals surface area contributed by atoms with E-state index in [0.717, 1.165) is 25.9 Å². The van der Waals surface area contributed by atoms with Crippen molar-refractivity contribution >= 4 is 5.91 Å². The normalized spacial score (nSPS) is 30.3. The van der Waals surface area contributed by atoms with Crippen LogP contribution in [-0.2, 0) is 9.53 Å². The third-order valence-electron chi connectivity index (χ3n) is 4.81. The molecule has 0 spiro atoms. The molecule has 1 heterocycles. The number of amides is 1. The number of hydrogen-bond acceptors (Lipinski definition) is 4. The van der Waals surface area contributed by atoms with Crippen molar-refractivity contribution in [1.82, 2.24) is 10.2 Å². The van der Waals surface area contributed by atoms with E-state index in [2.05, 4.69) is 37.9 Å². The third-order valence-corrected chi connectivity index (χ3v) is 4.81. The van der Waals surface area contributed by atoms with Gasteiger partial charge in [-0.3, -0.25) is 9.69 Å². The zero-order valence-electron chi connectivity index (χ0n) is 13.8. The first-order valence-electron chi connectivity index (χ1n) is 8.14. The van der Waals surface area contributed by atoms with Gasteiger partial charge in [0.05, 0.1) is 12.2 Å². The molecule has 2 fully saturated rings. The van der Waals surface area contributed by atoms with Gasteiger partial charge in [0.15, 0.2) is 0 Å². The molecule has 0 aromatic rings. The van der Waals surface area contributed by atoms with Gasteiger partial charge in [0.2, 0.25) is 0 Å². The van der Waals surface area contributed by atoms with Crippen molar-refractivity contribution in [3.63, 3.8) is 0 Å².